The van der Waals surface area contributed by atoms with Crippen LogP contribution in [0.25, 0.3) is 5.65 Å². The number of nitrogens with zero attached hydrogens (tertiary/aromatic N) is 7. The molecule has 3 N–H and O–H groups in total. The predicted molar refractivity (Wildman–Crippen MR) is 130 cm³/mol. The average Bonchev–Trinajstić information content (AvgIpc) is 3.18. The van der Waals surface area contributed by atoms with E-state index in [2.05, 4.69) is 20.4 Å². The molecule has 5 heterocycles. The molecule has 5 rings (SSSR count). The number of nitrogens with two attached hydrogens (primary N) is 1. The molecule has 0 aliphatic carbocycles. The molecular formula is C23H27F2N9O3. The maximum Gasteiger partial charge on any atom is 0.263 e. The zero-order chi connectivity index (χ0) is 26.3. The van der Waals surface area contributed by atoms with Gasteiger partial charge in [-0.05, 0) is 12.8 Å². The van der Waals surface area contributed by atoms with Crippen LogP contribution in [0.15, 0.2) is 24.8 Å². The van der Waals surface area contributed by atoms with E-state index in [-0.39, 0.29) is 44.9 Å². The Morgan fingerprint density at radius 3 is 2.54 bits per heavy atom. The van der Waals surface area contributed by atoms with Crippen LogP contribution in [0, 0.1) is 22.8 Å². The summed E-state index contributed by atoms with van der Waals surface area (Å²) >= 11 is 0. The van der Waals surface area contributed by atoms with Crippen LogP contribution in [-0.4, -0.2) is 87.3 Å². The van der Waals surface area contributed by atoms with Crippen molar-refractivity contribution in [1.82, 2.24) is 24.5 Å². The van der Waals surface area contributed by atoms with Gasteiger partial charge in [0.2, 0.25) is 5.91 Å². The average molecular weight is 516 g/mol. The highest BCUT2D eigenvalue weighted by Crippen LogP contribution is 2.33. The third kappa shape index (κ3) is 4.89. The standard InChI is InChI=1S/C23H27F2N9O3/c1-34(37)8-6-32(7-9-34)23(36)14-2-4-31(5-3-14)19-16(25)11-27-12-17(19)29-22(35)18-20(26)30-33-13-15(24)10-28-21(18)33/h10-14H,2-9H2,1H3,(H2,26,30)(H,29,35). The highest BCUT2D eigenvalue weighted by atomic mass is 19.1. The first-order valence-corrected chi connectivity index (χ1v) is 12.0. The van der Waals surface area contributed by atoms with Gasteiger partial charge >= 0.3 is 0 Å². The van der Waals surface area contributed by atoms with Gasteiger partial charge in [0, 0.05) is 19.0 Å². The van der Waals surface area contributed by atoms with Gasteiger partial charge in [-0.25, -0.2) is 18.3 Å². The van der Waals surface area contributed by atoms with E-state index in [1.54, 1.807) is 16.8 Å². The van der Waals surface area contributed by atoms with Crippen LogP contribution in [0.4, 0.5) is 26.0 Å². The number of nitrogen functional groups attached to an aromatic ring is 1. The van der Waals surface area contributed by atoms with Gasteiger partial charge in [-0.2, -0.15) is 0 Å². The van der Waals surface area contributed by atoms with Crippen molar-refractivity contribution in [3.8, 4) is 0 Å². The van der Waals surface area contributed by atoms with Crippen LogP contribution in [0.2, 0.25) is 0 Å². The molecule has 0 bridgehead atoms. The number of hydroxylamine groups is 3. The second-order valence-electron chi connectivity index (χ2n) is 9.60. The molecule has 0 radical (unpaired) electrons. The third-order valence-electron chi connectivity index (χ3n) is 6.97. The summed E-state index contributed by atoms with van der Waals surface area (Å²) in [5.41, 5.74) is 6.13. The van der Waals surface area contributed by atoms with Gasteiger partial charge in [0.15, 0.2) is 23.1 Å². The Morgan fingerprint density at radius 2 is 1.84 bits per heavy atom. The molecule has 3 aromatic rings. The lowest BCUT2D eigenvalue weighted by Gasteiger charge is -2.46. The van der Waals surface area contributed by atoms with Gasteiger partial charge < -0.3 is 30.7 Å². The number of anilines is 3. The van der Waals surface area contributed by atoms with Gasteiger partial charge in [0.05, 0.1) is 63.7 Å². The highest BCUT2D eigenvalue weighted by Gasteiger charge is 2.33. The van der Waals surface area contributed by atoms with Crippen LogP contribution in [-0.2, 0) is 4.79 Å². The van der Waals surface area contributed by atoms with Crippen molar-refractivity contribution >= 4 is 34.7 Å². The number of piperazine rings is 1. The van der Waals surface area contributed by atoms with E-state index < -0.39 is 17.5 Å². The van der Waals surface area contributed by atoms with Crippen LogP contribution in [0.3, 0.4) is 0 Å². The van der Waals surface area contributed by atoms with E-state index in [0.717, 1.165) is 23.1 Å². The van der Waals surface area contributed by atoms with E-state index in [0.29, 0.717) is 52.1 Å². The first-order valence-electron chi connectivity index (χ1n) is 12.0. The number of aromatic nitrogens is 4. The van der Waals surface area contributed by atoms with Crippen molar-refractivity contribution in [1.29, 1.82) is 0 Å². The maximum absolute atomic E-state index is 15.0. The van der Waals surface area contributed by atoms with E-state index >= 15 is 0 Å². The number of nitrogens with one attached hydrogen (secondary N) is 1. The fourth-order valence-electron chi connectivity index (χ4n) is 4.89. The monoisotopic (exact) mass is 515 g/mol. The molecule has 2 aliphatic heterocycles. The molecule has 2 fully saturated rings. The van der Waals surface area contributed by atoms with Crippen LogP contribution >= 0.6 is 0 Å². The van der Waals surface area contributed by atoms with Crippen molar-refractivity contribution in [3.63, 3.8) is 0 Å². The summed E-state index contributed by atoms with van der Waals surface area (Å²) in [6, 6.07) is 0. The number of amides is 2. The van der Waals surface area contributed by atoms with Gasteiger partial charge in [0.1, 0.15) is 11.3 Å². The SMILES string of the molecule is C[N+]1([O-])CCN(C(=O)C2CCN(c3c(F)cncc3NC(=O)c3c(N)nn4cc(F)cnc34)CC2)CC1. The van der Waals surface area contributed by atoms with Crippen molar-refractivity contribution in [3.05, 3.63) is 47.2 Å². The number of hydrogen-bond donors (Lipinski definition) is 2. The molecule has 0 atom stereocenters. The fraction of sp³-hybridized carbons (Fsp3) is 0.435. The minimum absolute atomic E-state index is 0.0237. The number of halogens is 2. The van der Waals surface area contributed by atoms with E-state index in [9.17, 15) is 23.6 Å². The molecule has 12 nitrogen and oxygen atoms in total. The van der Waals surface area contributed by atoms with E-state index in [1.165, 1.54) is 6.20 Å². The molecule has 0 saturated carbocycles. The van der Waals surface area contributed by atoms with Crippen LogP contribution in [0.1, 0.15) is 23.2 Å². The summed E-state index contributed by atoms with van der Waals surface area (Å²) in [7, 11) is 1.61. The smallest absolute Gasteiger partial charge is 0.263 e. The number of hydrogen-bond acceptors (Lipinski definition) is 8. The van der Waals surface area contributed by atoms with Crippen LogP contribution < -0.4 is 16.0 Å². The lowest BCUT2D eigenvalue weighted by Crippen LogP contribution is -2.56. The topological polar surface area (TPSA) is 145 Å². The minimum Gasteiger partial charge on any atom is -0.633 e. The molecule has 2 saturated heterocycles. The normalized spacial score (nSPS) is 18.3. The fourth-order valence-corrected chi connectivity index (χ4v) is 4.89. The van der Waals surface area contributed by atoms with Gasteiger partial charge in [0.25, 0.3) is 5.91 Å². The summed E-state index contributed by atoms with van der Waals surface area (Å²) in [6.45, 7) is 2.39. The molecule has 0 aromatic carbocycles. The van der Waals surface area contributed by atoms with Gasteiger partial charge in [-0.3, -0.25) is 14.6 Å². The number of piperidine rings is 1. The van der Waals surface area contributed by atoms with Crippen molar-refractivity contribution in [2.75, 3.05) is 62.3 Å². The Balaban J connectivity index is 1.30. The third-order valence-corrected chi connectivity index (χ3v) is 6.97. The first-order chi connectivity index (χ1) is 17.6. The molecule has 37 heavy (non-hydrogen) atoms. The minimum atomic E-state index is -0.695. The summed E-state index contributed by atoms with van der Waals surface area (Å²) in [5, 5.41) is 18.6. The summed E-state index contributed by atoms with van der Waals surface area (Å²) in [4.78, 5) is 37.3. The summed E-state index contributed by atoms with van der Waals surface area (Å²) in [5.74, 6) is -2.32. The Labute approximate surface area is 210 Å². The molecule has 0 spiro atoms. The largest absolute Gasteiger partial charge is 0.633 e. The Bertz CT molecular complexity index is 1340. The molecule has 2 amide bonds. The number of quaternary nitrogens is 1. The Kier molecular flexibility index (Phi) is 6.37. The lowest BCUT2D eigenvalue weighted by molar-refractivity contribution is -0.864. The van der Waals surface area contributed by atoms with Crippen LogP contribution in [0.5, 0.6) is 0 Å². The number of fused-ring (bicyclic) bond motifs is 1. The number of likely N-dealkylation sites (N-methyl/N-ethyl adjacent to an activating group) is 1. The second kappa shape index (κ2) is 9.52. The number of rotatable bonds is 4. The molecule has 2 aliphatic rings. The van der Waals surface area contributed by atoms with Crippen molar-refractivity contribution in [2.24, 2.45) is 5.92 Å². The summed E-state index contributed by atoms with van der Waals surface area (Å²) < 4.78 is 29.2. The van der Waals surface area contributed by atoms with E-state index in [4.69, 9.17) is 5.73 Å². The highest BCUT2D eigenvalue weighted by molar-refractivity contribution is 6.12. The molecule has 3 aromatic heterocycles. The van der Waals surface area contributed by atoms with Gasteiger partial charge in [-0.15, -0.1) is 5.10 Å². The zero-order valence-corrected chi connectivity index (χ0v) is 20.2. The Morgan fingerprint density at radius 1 is 1.14 bits per heavy atom. The predicted octanol–water partition coefficient (Wildman–Crippen LogP) is 1.24. The number of pyridine rings is 1. The first kappa shape index (κ1) is 24.8. The molecule has 196 valence electrons. The molecule has 14 heteroatoms. The number of carbonyl (C=O) groups excluding carboxylic acids is 2. The van der Waals surface area contributed by atoms with E-state index in [1.807, 2.05) is 0 Å². The molecular weight excluding hydrogens is 488 g/mol. The maximum atomic E-state index is 15.0. The quantitative estimate of drug-likeness (QED) is 0.390. The lowest BCUT2D eigenvalue weighted by atomic mass is 9.94. The second-order valence-corrected chi connectivity index (χ2v) is 9.60. The molecule has 0 unspecified atom stereocenters. The van der Waals surface area contributed by atoms with Crippen molar-refractivity contribution < 1.29 is 23.0 Å². The van der Waals surface area contributed by atoms with Crippen molar-refractivity contribution in [2.45, 2.75) is 12.8 Å². The summed E-state index contributed by atoms with van der Waals surface area (Å²) in [6.07, 6.45) is 5.38. The Hall–Kier alpha value is -3.91. The van der Waals surface area contributed by atoms with Gasteiger partial charge in [-0.1, -0.05) is 0 Å². The number of carbonyl (C=O) groups is 2. The zero-order valence-electron chi connectivity index (χ0n) is 20.2.